The van der Waals surface area contributed by atoms with Crippen molar-refractivity contribution >= 4 is 21.5 Å². The van der Waals surface area contributed by atoms with Gasteiger partial charge in [0.15, 0.2) is 0 Å². The van der Waals surface area contributed by atoms with E-state index in [-0.39, 0.29) is 0 Å². The number of rotatable bonds is 0. The molecule has 4 aromatic carbocycles. The summed E-state index contributed by atoms with van der Waals surface area (Å²) in [6.45, 7) is 0. The van der Waals surface area contributed by atoms with Crippen LogP contribution in [0.4, 0.5) is 0 Å². The summed E-state index contributed by atoms with van der Waals surface area (Å²) in [5.74, 6) is 0. The van der Waals surface area contributed by atoms with Gasteiger partial charge in [0.2, 0.25) is 0 Å². The van der Waals surface area contributed by atoms with Gasteiger partial charge in [0, 0.05) is 0 Å². The topological polar surface area (TPSA) is 0 Å². The van der Waals surface area contributed by atoms with E-state index in [0.29, 0.717) is 0 Å². The van der Waals surface area contributed by atoms with Crippen LogP contribution in [-0.4, -0.2) is 0 Å². The molecule has 0 heteroatoms. The molecule has 0 heterocycles. The van der Waals surface area contributed by atoms with Crippen LogP contribution in [0.5, 0.6) is 0 Å². The van der Waals surface area contributed by atoms with Crippen molar-refractivity contribution < 1.29 is 0 Å². The Morgan fingerprint density at radius 3 is 2.00 bits per heavy atom. The first-order valence-electron chi connectivity index (χ1n) is 6.98. The lowest BCUT2D eigenvalue weighted by Crippen LogP contribution is -1.79. The smallest absolute Gasteiger partial charge is 0.00199 e. The molecule has 0 unspecified atom stereocenters. The lowest BCUT2D eigenvalue weighted by atomic mass is 9.99. The Hall–Kier alpha value is -2.60. The van der Waals surface area contributed by atoms with Crippen LogP contribution in [0.15, 0.2) is 72.8 Å². The second-order valence-corrected chi connectivity index (χ2v) is 5.42. The second kappa shape index (κ2) is 3.49. The quantitative estimate of drug-likeness (QED) is 0.315. The van der Waals surface area contributed by atoms with Crippen molar-refractivity contribution in [3.63, 3.8) is 0 Å². The molecule has 0 N–H and O–H groups in total. The fourth-order valence-electron chi connectivity index (χ4n) is 3.55. The summed E-state index contributed by atoms with van der Waals surface area (Å²) < 4.78 is 0. The zero-order valence-electron chi connectivity index (χ0n) is 10.9. The molecule has 5 rings (SSSR count). The molecule has 20 heavy (non-hydrogen) atoms. The molecule has 0 radical (unpaired) electrons. The van der Waals surface area contributed by atoms with Gasteiger partial charge in [0.25, 0.3) is 0 Å². The average molecular weight is 258 g/mol. The Morgan fingerprint density at radius 1 is 0.450 bits per heavy atom. The fraction of sp³-hybridized carbons (Fsp3) is 0. The van der Waals surface area contributed by atoms with Crippen LogP contribution in [0.25, 0.3) is 43.8 Å². The summed E-state index contributed by atoms with van der Waals surface area (Å²) in [6.07, 6.45) is 0. The molecule has 0 aromatic heterocycles. The van der Waals surface area contributed by atoms with Crippen LogP contribution < -0.4 is 0 Å². The first-order valence-corrected chi connectivity index (χ1v) is 6.98. The second-order valence-electron chi connectivity index (χ2n) is 5.42. The molecule has 0 bridgehead atoms. The van der Waals surface area contributed by atoms with Crippen molar-refractivity contribution in [1.29, 1.82) is 0 Å². The summed E-state index contributed by atoms with van der Waals surface area (Å²) in [5, 5.41) is 5.45. The van der Waals surface area contributed by atoms with Gasteiger partial charge in [-0.2, -0.15) is 0 Å². The molecule has 1 aliphatic carbocycles. The summed E-state index contributed by atoms with van der Waals surface area (Å²) in [6, 6.07) is 26.4. The van der Waals surface area contributed by atoms with E-state index in [9.17, 15) is 0 Å². The lowest BCUT2D eigenvalue weighted by molar-refractivity contribution is 1.70. The molecule has 0 saturated carbocycles. The van der Waals surface area contributed by atoms with E-state index in [2.05, 4.69) is 72.8 Å². The van der Waals surface area contributed by atoms with E-state index in [4.69, 9.17) is 0 Å². The average Bonchev–Trinajstić information content (AvgIpc) is 2.84. The van der Waals surface area contributed by atoms with Gasteiger partial charge < -0.3 is 0 Å². The minimum absolute atomic E-state index is 1.32. The predicted octanol–water partition coefficient (Wildman–Crippen LogP) is 5.64. The Kier molecular flexibility index (Phi) is 1.78. The molecule has 0 spiro atoms. The Morgan fingerprint density at radius 2 is 1.10 bits per heavy atom. The van der Waals surface area contributed by atoms with E-state index in [1.54, 1.807) is 0 Å². The van der Waals surface area contributed by atoms with Gasteiger partial charge in [-0.3, -0.25) is 0 Å². The normalized spacial score (nSPS) is 12.0. The third-order valence-corrected chi connectivity index (χ3v) is 4.39. The summed E-state index contributed by atoms with van der Waals surface area (Å²) in [5.41, 5.74) is 5.48. The van der Waals surface area contributed by atoms with Crippen molar-refractivity contribution in [1.82, 2.24) is 0 Å². The SMILES string of the molecule is c1ccc2c(c1)cc1c3c(cccc32)-[13c]2[13cH][13cH][13cH][13cH][13c]2-1. The van der Waals surface area contributed by atoms with Crippen molar-refractivity contribution in [3.05, 3.63) is 72.8 Å². The van der Waals surface area contributed by atoms with E-state index in [1.165, 1.54) is 43.8 Å². The summed E-state index contributed by atoms with van der Waals surface area (Å²) in [4.78, 5) is 0. The van der Waals surface area contributed by atoms with Crippen LogP contribution in [0, 0.1) is 0 Å². The van der Waals surface area contributed by atoms with Crippen LogP contribution in [0.3, 0.4) is 0 Å². The van der Waals surface area contributed by atoms with Crippen molar-refractivity contribution in [2.24, 2.45) is 0 Å². The molecule has 0 atom stereocenters. The number of fused-ring (bicyclic) bond motifs is 5. The standard InChI is InChI=1S/C20H12/c1-2-7-14-13(6-1)12-19-16-9-4-3-8-15(16)18-11-5-10-17(14)20(18)19/h1-12H/i3+1,4+1,8+1,9+1,15+1,16+1. The van der Waals surface area contributed by atoms with Gasteiger partial charge in [0.1, 0.15) is 0 Å². The minimum Gasteiger partial charge on any atom is -0.0616 e. The van der Waals surface area contributed by atoms with Crippen molar-refractivity contribution in [2.45, 2.75) is 0 Å². The monoisotopic (exact) mass is 258 g/mol. The molecule has 1 aliphatic rings. The first kappa shape index (κ1) is 10.2. The number of hydrogen-bond donors (Lipinski definition) is 0. The zero-order valence-corrected chi connectivity index (χ0v) is 10.9. The highest BCUT2D eigenvalue weighted by Crippen LogP contribution is 2.48. The maximum Gasteiger partial charge on any atom is -0.00199 e. The van der Waals surface area contributed by atoms with Gasteiger partial charge in [-0.25, -0.2) is 0 Å². The third-order valence-electron chi connectivity index (χ3n) is 4.39. The maximum absolute atomic E-state index is 2.34. The van der Waals surface area contributed by atoms with Crippen molar-refractivity contribution in [2.75, 3.05) is 0 Å². The molecule has 4 aromatic rings. The van der Waals surface area contributed by atoms with Crippen LogP contribution in [-0.2, 0) is 0 Å². The van der Waals surface area contributed by atoms with E-state index in [1.807, 2.05) is 0 Å². The van der Waals surface area contributed by atoms with Gasteiger partial charge in [0.05, 0.1) is 0 Å². The highest BCUT2D eigenvalue weighted by molar-refractivity contribution is 6.23. The first-order chi connectivity index (χ1) is 9.93. The van der Waals surface area contributed by atoms with E-state index < -0.39 is 0 Å². The molecule has 0 saturated heterocycles. The Balaban J connectivity index is 2.12. The van der Waals surface area contributed by atoms with Gasteiger partial charge in [-0.1, -0.05) is 66.7 Å². The number of benzene rings is 4. The van der Waals surface area contributed by atoms with Gasteiger partial charge >= 0.3 is 0 Å². The predicted molar refractivity (Wildman–Crippen MR) is 85.9 cm³/mol. The minimum atomic E-state index is 1.32. The molecule has 0 fully saturated rings. The Bertz CT molecular complexity index is 993. The molecule has 92 valence electrons. The van der Waals surface area contributed by atoms with E-state index in [0.717, 1.165) is 0 Å². The molecule has 0 nitrogen and oxygen atoms in total. The summed E-state index contributed by atoms with van der Waals surface area (Å²) in [7, 11) is 0. The van der Waals surface area contributed by atoms with E-state index >= 15 is 0 Å². The molecule has 0 amide bonds. The highest BCUT2D eigenvalue weighted by Gasteiger charge is 2.21. The summed E-state index contributed by atoms with van der Waals surface area (Å²) >= 11 is 0. The number of hydrogen-bond acceptors (Lipinski definition) is 0. The largest absolute Gasteiger partial charge is 0.0616 e. The van der Waals surface area contributed by atoms with Crippen LogP contribution >= 0.6 is 0 Å². The maximum atomic E-state index is 2.34. The van der Waals surface area contributed by atoms with Crippen LogP contribution in [0.2, 0.25) is 0 Å². The van der Waals surface area contributed by atoms with Crippen LogP contribution in [0.1, 0.15) is 0 Å². The Labute approximate surface area is 117 Å². The highest BCUT2D eigenvalue weighted by atomic mass is 14.9. The molecular weight excluding hydrogens is 246 g/mol. The lowest BCUT2D eigenvalue weighted by Gasteiger charge is -2.07. The molecular formula is C20H12. The zero-order chi connectivity index (χ0) is 13.1. The van der Waals surface area contributed by atoms with Gasteiger partial charge in [-0.05, 0) is 49.9 Å². The van der Waals surface area contributed by atoms with Crippen molar-refractivity contribution in [3.8, 4) is 22.3 Å². The fourth-order valence-corrected chi connectivity index (χ4v) is 3.55. The third kappa shape index (κ3) is 1.12. The molecule has 0 aliphatic heterocycles. The van der Waals surface area contributed by atoms with Gasteiger partial charge in [-0.15, -0.1) is 0 Å².